The molecule has 104 valence electrons. The standard InChI is InChI=1S/C15H29N3/c1-17-14-5-6-15(17)12-13(11-14)16-7-10-18-8-3-2-4-9-18/h13-16H,2-12H2,1H3. The summed E-state index contributed by atoms with van der Waals surface area (Å²) in [5.41, 5.74) is 0. The smallest absolute Gasteiger partial charge is 0.0111 e. The van der Waals surface area contributed by atoms with Gasteiger partial charge in [-0.25, -0.2) is 0 Å². The third-order valence-electron chi connectivity index (χ3n) is 5.41. The average Bonchev–Trinajstić information content (AvgIpc) is 2.64. The Morgan fingerprint density at radius 2 is 1.67 bits per heavy atom. The maximum atomic E-state index is 3.82. The highest BCUT2D eigenvalue weighted by Crippen LogP contribution is 2.34. The minimum absolute atomic E-state index is 0.795. The van der Waals surface area contributed by atoms with Crippen LogP contribution >= 0.6 is 0 Å². The van der Waals surface area contributed by atoms with Crippen LogP contribution in [-0.2, 0) is 0 Å². The van der Waals surface area contributed by atoms with E-state index in [0.29, 0.717) is 0 Å². The van der Waals surface area contributed by atoms with Crippen molar-refractivity contribution in [3.05, 3.63) is 0 Å². The molecule has 3 aliphatic heterocycles. The maximum Gasteiger partial charge on any atom is 0.0111 e. The molecule has 0 amide bonds. The van der Waals surface area contributed by atoms with Crippen molar-refractivity contribution in [3.63, 3.8) is 0 Å². The molecule has 3 heterocycles. The number of piperidine rings is 2. The summed E-state index contributed by atoms with van der Waals surface area (Å²) in [7, 11) is 2.33. The second kappa shape index (κ2) is 5.89. The summed E-state index contributed by atoms with van der Waals surface area (Å²) in [5, 5.41) is 3.82. The van der Waals surface area contributed by atoms with Crippen LogP contribution < -0.4 is 5.32 Å². The number of fused-ring (bicyclic) bond motifs is 2. The molecule has 3 fully saturated rings. The number of rotatable bonds is 4. The Labute approximate surface area is 112 Å². The van der Waals surface area contributed by atoms with Gasteiger partial charge in [0.25, 0.3) is 0 Å². The lowest BCUT2D eigenvalue weighted by Gasteiger charge is -2.37. The van der Waals surface area contributed by atoms with E-state index in [4.69, 9.17) is 0 Å². The molecule has 0 aromatic heterocycles. The quantitative estimate of drug-likeness (QED) is 0.820. The fraction of sp³-hybridized carbons (Fsp3) is 1.00. The number of hydrogen-bond donors (Lipinski definition) is 1. The van der Waals surface area contributed by atoms with E-state index in [1.165, 1.54) is 71.1 Å². The summed E-state index contributed by atoms with van der Waals surface area (Å²) in [6.45, 7) is 5.14. The fourth-order valence-corrected chi connectivity index (χ4v) is 4.19. The second-order valence-corrected chi connectivity index (χ2v) is 6.58. The van der Waals surface area contributed by atoms with Crippen LogP contribution in [0, 0.1) is 0 Å². The molecule has 0 aromatic rings. The average molecular weight is 251 g/mol. The zero-order chi connectivity index (χ0) is 12.4. The first kappa shape index (κ1) is 12.9. The Bertz CT molecular complexity index is 248. The molecule has 18 heavy (non-hydrogen) atoms. The van der Waals surface area contributed by atoms with Crippen LogP contribution in [0.3, 0.4) is 0 Å². The van der Waals surface area contributed by atoms with Gasteiger partial charge in [-0.3, -0.25) is 0 Å². The topological polar surface area (TPSA) is 18.5 Å². The summed E-state index contributed by atoms with van der Waals surface area (Å²) < 4.78 is 0. The third kappa shape index (κ3) is 2.89. The summed E-state index contributed by atoms with van der Waals surface area (Å²) in [4.78, 5) is 5.27. The molecule has 1 N–H and O–H groups in total. The Kier molecular flexibility index (Phi) is 4.22. The van der Waals surface area contributed by atoms with Gasteiger partial charge in [-0.05, 0) is 58.7 Å². The van der Waals surface area contributed by atoms with Gasteiger partial charge >= 0.3 is 0 Å². The van der Waals surface area contributed by atoms with Crippen molar-refractivity contribution >= 4 is 0 Å². The number of nitrogens with one attached hydrogen (secondary N) is 1. The number of likely N-dealkylation sites (tertiary alicyclic amines) is 1. The predicted octanol–water partition coefficient (Wildman–Crippen LogP) is 1.69. The third-order valence-corrected chi connectivity index (χ3v) is 5.41. The van der Waals surface area contributed by atoms with Crippen LogP contribution in [0.4, 0.5) is 0 Å². The maximum absolute atomic E-state index is 3.82. The number of hydrogen-bond acceptors (Lipinski definition) is 3. The summed E-state index contributed by atoms with van der Waals surface area (Å²) >= 11 is 0. The van der Waals surface area contributed by atoms with Crippen LogP contribution in [0.2, 0.25) is 0 Å². The lowest BCUT2D eigenvalue weighted by molar-refractivity contribution is 0.145. The van der Waals surface area contributed by atoms with E-state index in [9.17, 15) is 0 Å². The zero-order valence-electron chi connectivity index (χ0n) is 11.9. The van der Waals surface area contributed by atoms with E-state index in [2.05, 4.69) is 22.2 Å². The first-order chi connectivity index (χ1) is 8.83. The molecule has 3 saturated heterocycles. The van der Waals surface area contributed by atoms with E-state index in [0.717, 1.165) is 18.1 Å². The van der Waals surface area contributed by atoms with Crippen LogP contribution in [-0.4, -0.2) is 61.2 Å². The van der Waals surface area contributed by atoms with E-state index in [1.54, 1.807) is 0 Å². The molecule has 3 rings (SSSR count). The minimum atomic E-state index is 0.795. The monoisotopic (exact) mass is 251 g/mol. The van der Waals surface area contributed by atoms with Crippen molar-refractivity contribution in [3.8, 4) is 0 Å². The highest BCUT2D eigenvalue weighted by atomic mass is 15.2. The van der Waals surface area contributed by atoms with Crippen molar-refractivity contribution < 1.29 is 0 Å². The van der Waals surface area contributed by atoms with Gasteiger partial charge in [-0.2, -0.15) is 0 Å². The Hall–Kier alpha value is -0.120. The fourth-order valence-electron chi connectivity index (χ4n) is 4.19. The van der Waals surface area contributed by atoms with Crippen molar-refractivity contribution in [2.24, 2.45) is 0 Å². The Balaban J connectivity index is 1.36. The molecule has 3 heteroatoms. The molecule has 0 radical (unpaired) electrons. The van der Waals surface area contributed by atoms with E-state index < -0.39 is 0 Å². The molecule has 0 spiro atoms. The van der Waals surface area contributed by atoms with Crippen LogP contribution in [0.25, 0.3) is 0 Å². The van der Waals surface area contributed by atoms with E-state index in [-0.39, 0.29) is 0 Å². The lowest BCUT2D eigenvalue weighted by atomic mass is 9.98. The van der Waals surface area contributed by atoms with Crippen LogP contribution in [0.15, 0.2) is 0 Å². The molecule has 0 saturated carbocycles. The molecular weight excluding hydrogens is 222 g/mol. The molecule has 2 bridgehead atoms. The van der Waals surface area contributed by atoms with Crippen molar-refractivity contribution in [2.45, 2.75) is 63.1 Å². The summed E-state index contributed by atoms with van der Waals surface area (Å²) in [5.74, 6) is 0. The molecular formula is C15H29N3. The van der Waals surface area contributed by atoms with E-state index >= 15 is 0 Å². The van der Waals surface area contributed by atoms with Crippen LogP contribution in [0.1, 0.15) is 44.9 Å². The van der Waals surface area contributed by atoms with Gasteiger partial charge in [0, 0.05) is 31.2 Å². The summed E-state index contributed by atoms with van der Waals surface area (Å²) in [6, 6.07) is 2.54. The van der Waals surface area contributed by atoms with Gasteiger partial charge in [0.1, 0.15) is 0 Å². The normalized spacial score (nSPS) is 38.2. The van der Waals surface area contributed by atoms with Gasteiger partial charge in [0.05, 0.1) is 0 Å². The number of nitrogens with zero attached hydrogens (tertiary/aromatic N) is 2. The highest BCUT2D eigenvalue weighted by molar-refractivity contribution is 4.95. The lowest BCUT2D eigenvalue weighted by Crippen LogP contribution is -2.48. The Morgan fingerprint density at radius 3 is 2.33 bits per heavy atom. The predicted molar refractivity (Wildman–Crippen MR) is 75.9 cm³/mol. The van der Waals surface area contributed by atoms with Gasteiger partial charge < -0.3 is 15.1 Å². The Morgan fingerprint density at radius 1 is 1.00 bits per heavy atom. The molecule has 2 atom stereocenters. The first-order valence-corrected chi connectivity index (χ1v) is 8.00. The van der Waals surface area contributed by atoms with E-state index in [1.807, 2.05) is 0 Å². The first-order valence-electron chi connectivity index (χ1n) is 8.00. The van der Waals surface area contributed by atoms with Gasteiger partial charge in [0.15, 0.2) is 0 Å². The van der Waals surface area contributed by atoms with Crippen molar-refractivity contribution in [1.29, 1.82) is 0 Å². The molecule has 3 aliphatic rings. The molecule has 0 aliphatic carbocycles. The molecule has 2 unspecified atom stereocenters. The zero-order valence-corrected chi connectivity index (χ0v) is 11.9. The highest BCUT2D eigenvalue weighted by Gasteiger charge is 2.37. The second-order valence-electron chi connectivity index (χ2n) is 6.58. The molecule has 3 nitrogen and oxygen atoms in total. The van der Waals surface area contributed by atoms with Gasteiger partial charge in [-0.15, -0.1) is 0 Å². The van der Waals surface area contributed by atoms with Gasteiger partial charge in [0.2, 0.25) is 0 Å². The van der Waals surface area contributed by atoms with Crippen LogP contribution in [0.5, 0.6) is 0 Å². The van der Waals surface area contributed by atoms with Crippen molar-refractivity contribution in [1.82, 2.24) is 15.1 Å². The summed E-state index contributed by atoms with van der Waals surface area (Å²) in [6.07, 6.45) is 9.91. The largest absolute Gasteiger partial charge is 0.313 e. The molecule has 0 aromatic carbocycles. The SMILES string of the molecule is CN1C2CCC1CC(NCCN1CCCCC1)C2. The minimum Gasteiger partial charge on any atom is -0.313 e. The van der Waals surface area contributed by atoms with Crippen molar-refractivity contribution in [2.75, 3.05) is 33.2 Å². The van der Waals surface area contributed by atoms with Gasteiger partial charge in [-0.1, -0.05) is 6.42 Å².